The lowest BCUT2D eigenvalue weighted by Crippen LogP contribution is -2.41. The molecule has 1 rings (SSSR count). The first kappa shape index (κ1) is 16.2. The Morgan fingerprint density at radius 2 is 1.90 bits per heavy atom. The third-order valence-corrected chi connectivity index (χ3v) is 2.96. The van der Waals surface area contributed by atoms with E-state index in [9.17, 15) is 9.59 Å². The molecule has 1 unspecified atom stereocenters. The van der Waals surface area contributed by atoms with E-state index in [1.54, 1.807) is 13.8 Å². The monoisotopic (exact) mass is 279 g/mol. The maximum Gasteiger partial charge on any atom is 0.310 e. The number of aliphatic carboxylic acids is 1. The predicted molar refractivity (Wildman–Crippen MR) is 75.2 cm³/mol. The van der Waals surface area contributed by atoms with Crippen LogP contribution < -0.4 is 5.32 Å². The highest BCUT2D eigenvalue weighted by Gasteiger charge is 2.29. The molecule has 1 aromatic rings. The van der Waals surface area contributed by atoms with Gasteiger partial charge in [-0.2, -0.15) is 0 Å². The fourth-order valence-corrected chi connectivity index (χ4v) is 1.59. The molecular formula is C15H21NO4. The molecule has 0 aliphatic heterocycles. The summed E-state index contributed by atoms with van der Waals surface area (Å²) in [6.45, 7) is 5.39. The van der Waals surface area contributed by atoms with Crippen molar-refractivity contribution in [3.8, 4) is 0 Å². The molecular weight excluding hydrogens is 258 g/mol. The lowest BCUT2D eigenvalue weighted by Gasteiger charge is -2.22. The summed E-state index contributed by atoms with van der Waals surface area (Å²) in [5, 5.41) is 11.7. The van der Waals surface area contributed by atoms with Crippen molar-refractivity contribution >= 4 is 11.9 Å². The predicted octanol–water partition coefficient (Wildman–Crippen LogP) is 1.99. The number of rotatable bonds is 7. The summed E-state index contributed by atoms with van der Waals surface area (Å²) in [7, 11) is 0. The van der Waals surface area contributed by atoms with Gasteiger partial charge in [0.25, 0.3) is 5.91 Å². The normalized spacial score (nSPS) is 12.8. The van der Waals surface area contributed by atoms with Crippen molar-refractivity contribution < 1.29 is 19.4 Å². The summed E-state index contributed by atoms with van der Waals surface area (Å²) in [4.78, 5) is 23.2. The minimum atomic E-state index is -1.01. The van der Waals surface area contributed by atoms with E-state index in [0.29, 0.717) is 6.61 Å². The van der Waals surface area contributed by atoms with E-state index in [0.717, 1.165) is 5.56 Å². The van der Waals surface area contributed by atoms with E-state index < -0.39 is 17.5 Å². The average molecular weight is 279 g/mol. The number of carbonyl (C=O) groups excluding carboxylic acids is 1. The van der Waals surface area contributed by atoms with Crippen molar-refractivity contribution in [2.75, 3.05) is 13.2 Å². The number of benzene rings is 1. The highest BCUT2D eigenvalue weighted by atomic mass is 16.5. The van der Waals surface area contributed by atoms with Crippen molar-refractivity contribution in [1.82, 2.24) is 5.32 Å². The van der Waals surface area contributed by atoms with E-state index >= 15 is 0 Å². The molecule has 0 heterocycles. The van der Waals surface area contributed by atoms with Crippen LogP contribution in [0.25, 0.3) is 0 Å². The van der Waals surface area contributed by atoms with E-state index in [4.69, 9.17) is 9.84 Å². The van der Waals surface area contributed by atoms with Crippen LogP contribution >= 0.6 is 0 Å². The number of ether oxygens (including phenoxy) is 1. The van der Waals surface area contributed by atoms with Crippen LogP contribution in [0.4, 0.5) is 0 Å². The van der Waals surface area contributed by atoms with E-state index in [-0.39, 0.29) is 12.5 Å². The van der Waals surface area contributed by atoms with Crippen molar-refractivity contribution in [3.05, 3.63) is 35.9 Å². The Kier molecular flexibility index (Phi) is 5.70. The Balaban J connectivity index is 2.74. The van der Waals surface area contributed by atoms with Crippen molar-refractivity contribution in [1.29, 1.82) is 0 Å². The first-order valence-electron chi connectivity index (χ1n) is 6.56. The zero-order chi connectivity index (χ0) is 15.2. The van der Waals surface area contributed by atoms with Gasteiger partial charge in [-0.25, -0.2) is 0 Å². The number of hydrogen-bond donors (Lipinski definition) is 2. The minimum Gasteiger partial charge on any atom is -0.481 e. The Labute approximate surface area is 118 Å². The molecule has 0 bridgehead atoms. The molecule has 0 saturated carbocycles. The van der Waals surface area contributed by atoms with Gasteiger partial charge in [0.15, 0.2) is 6.10 Å². The topological polar surface area (TPSA) is 75.6 Å². The minimum absolute atomic E-state index is 0.0531. The van der Waals surface area contributed by atoms with E-state index in [2.05, 4.69) is 5.32 Å². The molecule has 20 heavy (non-hydrogen) atoms. The molecule has 0 fully saturated rings. The second-order valence-electron chi connectivity index (χ2n) is 5.15. The number of hydrogen-bond acceptors (Lipinski definition) is 3. The van der Waals surface area contributed by atoms with Crippen molar-refractivity contribution in [3.63, 3.8) is 0 Å². The zero-order valence-corrected chi connectivity index (χ0v) is 12.1. The molecule has 0 aromatic heterocycles. The number of nitrogens with one attached hydrogen (secondary N) is 1. The SMILES string of the molecule is CCOC(C(=O)NCC(C)(C)C(=O)O)c1ccccc1. The maximum absolute atomic E-state index is 12.2. The van der Waals surface area contributed by atoms with Crippen molar-refractivity contribution in [2.24, 2.45) is 5.41 Å². The lowest BCUT2D eigenvalue weighted by molar-refractivity contribution is -0.147. The number of carboxylic acids is 1. The summed E-state index contributed by atoms with van der Waals surface area (Å²) >= 11 is 0. The molecule has 0 spiro atoms. The van der Waals surface area contributed by atoms with Gasteiger partial charge in [0.2, 0.25) is 0 Å². The number of amides is 1. The molecule has 110 valence electrons. The third kappa shape index (κ3) is 4.35. The van der Waals surface area contributed by atoms with Gasteiger partial charge >= 0.3 is 5.97 Å². The van der Waals surface area contributed by atoms with Crippen molar-refractivity contribution in [2.45, 2.75) is 26.9 Å². The molecule has 0 radical (unpaired) electrons. The van der Waals surface area contributed by atoms with Crippen LogP contribution in [0.5, 0.6) is 0 Å². The van der Waals surface area contributed by atoms with Gasteiger partial charge in [0.05, 0.1) is 5.41 Å². The smallest absolute Gasteiger partial charge is 0.310 e. The lowest BCUT2D eigenvalue weighted by atomic mass is 9.94. The summed E-state index contributed by atoms with van der Waals surface area (Å²) in [5.41, 5.74) is -0.261. The average Bonchev–Trinajstić information content (AvgIpc) is 2.43. The van der Waals surface area contributed by atoms with Gasteiger partial charge in [0, 0.05) is 13.2 Å². The van der Waals surface area contributed by atoms with Gasteiger partial charge in [0.1, 0.15) is 0 Å². The molecule has 5 heteroatoms. The van der Waals surface area contributed by atoms with Gasteiger partial charge in [-0.3, -0.25) is 9.59 Å². The summed E-state index contributed by atoms with van der Waals surface area (Å²) in [5.74, 6) is -1.28. The van der Waals surface area contributed by atoms with E-state index in [1.807, 2.05) is 37.3 Å². The largest absolute Gasteiger partial charge is 0.481 e. The summed E-state index contributed by atoms with van der Waals surface area (Å²) in [6.07, 6.45) is -0.717. The molecule has 1 amide bonds. The Hall–Kier alpha value is -1.88. The molecule has 0 aliphatic carbocycles. The number of carboxylic acid groups (broad SMARTS) is 1. The maximum atomic E-state index is 12.2. The van der Waals surface area contributed by atoms with Crippen LogP contribution in [0, 0.1) is 5.41 Å². The molecule has 2 N–H and O–H groups in total. The van der Waals surface area contributed by atoms with Gasteiger partial charge in [-0.1, -0.05) is 30.3 Å². The highest BCUT2D eigenvalue weighted by molar-refractivity contribution is 5.83. The second kappa shape index (κ2) is 7.05. The Morgan fingerprint density at radius 1 is 1.30 bits per heavy atom. The van der Waals surface area contributed by atoms with Crippen LogP contribution in [0.15, 0.2) is 30.3 Å². The molecule has 0 aliphatic rings. The molecule has 0 saturated heterocycles. The summed E-state index contributed by atoms with van der Waals surface area (Å²) in [6, 6.07) is 9.13. The Morgan fingerprint density at radius 3 is 2.40 bits per heavy atom. The van der Waals surface area contributed by atoms with Crippen LogP contribution in [-0.4, -0.2) is 30.1 Å². The molecule has 5 nitrogen and oxygen atoms in total. The van der Waals surface area contributed by atoms with Gasteiger partial charge < -0.3 is 15.2 Å². The molecule has 1 atom stereocenters. The quantitative estimate of drug-likeness (QED) is 0.800. The van der Waals surface area contributed by atoms with E-state index in [1.165, 1.54) is 0 Å². The Bertz CT molecular complexity index is 456. The highest BCUT2D eigenvalue weighted by Crippen LogP contribution is 2.19. The van der Waals surface area contributed by atoms with Crippen LogP contribution in [0.3, 0.4) is 0 Å². The van der Waals surface area contributed by atoms with Crippen LogP contribution in [0.1, 0.15) is 32.4 Å². The zero-order valence-electron chi connectivity index (χ0n) is 12.1. The summed E-state index contributed by atoms with van der Waals surface area (Å²) < 4.78 is 5.46. The van der Waals surface area contributed by atoms with Gasteiger partial charge in [-0.15, -0.1) is 0 Å². The standard InChI is InChI=1S/C15H21NO4/c1-4-20-12(11-8-6-5-7-9-11)13(17)16-10-15(2,3)14(18)19/h5-9,12H,4,10H2,1-3H3,(H,16,17)(H,18,19). The number of carbonyl (C=O) groups is 2. The third-order valence-electron chi connectivity index (χ3n) is 2.96. The van der Waals surface area contributed by atoms with Crippen LogP contribution in [-0.2, 0) is 14.3 Å². The fourth-order valence-electron chi connectivity index (χ4n) is 1.59. The van der Waals surface area contributed by atoms with Gasteiger partial charge in [-0.05, 0) is 26.3 Å². The molecule has 1 aromatic carbocycles. The first-order valence-corrected chi connectivity index (χ1v) is 6.56. The second-order valence-corrected chi connectivity index (χ2v) is 5.15. The fraction of sp³-hybridized carbons (Fsp3) is 0.467. The van der Waals surface area contributed by atoms with Crippen LogP contribution in [0.2, 0.25) is 0 Å². The first-order chi connectivity index (χ1) is 9.38.